The number of aliphatic hydroxyl groups is 1. The van der Waals surface area contributed by atoms with Crippen LogP contribution in [0.25, 0.3) is 0 Å². The van der Waals surface area contributed by atoms with Gasteiger partial charge in [-0.3, -0.25) is 10.1 Å². The lowest BCUT2D eigenvalue weighted by Gasteiger charge is -1.98. The monoisotopic (exact) mass is 237 g/mol. The van der Waals surface area contributed by atoms with E-state index in [-0.39, 0.29) is 5.69 Å². The second-order valence-corrected chi connectivity index (χ2v) is 3.21. The number of aliphatic hydroxyl groups excluding tert-OH is 1. The van der Waals surface area contributed by atoms with Gasteiger partial charge >= 0.3 is 5.97 Å². The molecule has 0 fully saturated rings. The van der Waals surface area contributed by atoms with Crippen molar-refractivity contribution >= 4 is 11.7 Å². The minimum Gasteiger partial charge on any atom is -0.502 e. The molecule has 90 valence electrons. The number of carbonyl (C=O) groups excluding carboxylic acids is 1. The van der Waals surface area contributed by atoms with Gasteiger partial charge in [0.2, 0.25) is 0 Å². The fraction of sp³-hybridized carbons (Fsp3) is 0.182. The molecule has 0 saturated heterocycles. The number of rotatable bonds is 4. The van der Waals surface area contributed by atoms with E-state index in [1.807, 2.05) is 0 Å². The highest BCUT2D eigenvalue weighted by atomic mass is 16.6. The summed E-state index contributed by atoms with van der Waals surface area (Å²) in [6.45, 7) is 0. The molecule has 0 aliphatic rings. The van der Waals surface area contributed by atoms with Gasteiger partial charge in [0.15, 0.2) is 5.76 Å². The molecule has 0 aromatic heterocycles. The zero-order valence-electron chi connectivity index (χ0n) is 9.12. The van der Waals surface area contributed by atoms with Crippen LogP contribution in [0, 0.1) is 10.1 Å². The summed E-state index contributed by atoms with van der Waals surface area (Å²) in [5.74, 6) is -1.29. The summed E-state index contributed by atoms with van der Waals surface area (Å²) in [5, 5.41) is 19.6. The van der Waals surface area contributed by atoms with Crippen LogP contribution in [0.2, 0.25) is 0 Å². The number of esters is 1. The van der Waals surface area contributed by atoms with Gasteiger partial charge in [-0.05, 0) is 18.1 Å². The van der Waals surface area contributed by atoms with Gasteiger partial charge < -0.3 is 9.84 Å². The Morgan fingerprint density at radius 2 is 2.06 bits per heavy atom. The standard InChI is InChI=1S/C11H11NO5/c1-17-11(14)10(13)7-4-8-2-5-9(6-3-8)12(15)16/h2-3,5-7,13H,4H2,1H3. The summed E-state index contributed by atoms with van der Waals surface area (Å²) < 4.78 is 4.30. The lowest BCUT2D eigenvalue weighted by molar-refractivity contribution is -0.384. The number of nitrogens with zero attached hydrogens (tertiary/aromatic N) is 1. The molecule has 1 aromatic carbocycles. The van der Waals surface area contributed by atoms with Crippen molar-refractivity contribution in [3.8, 4) is 0 Å². The van der Waals surface area contributed by atoms with Crippen LogP contribution in [0.3, 0.4) is 0 Å². The molecule has 0 aliphatic heterocycles. The predicted molar refractivity (Wildman–Crippen MR) is 59.5 cm³/mol. The lowest BCUT2D eigenvalue weighted by atomic mass is 10.1. The molecule has 0 spiro atoms. The Hall–Kier alpha value is -2.37. The molecule has 1 rings (SSSR count). The van der Waals surface area contributed by atoms with Gasteiger partial charge in [0.05, 0.1) is 12.0 Å². The first-order chi connectivity index (χ1) is 8.04. The van der Waals surface area contributed by atoms with Gasteiger partial charge in [-0.2, -0.15) is 0 Å². The van der Waals surface area contributed by atoms with Crippen molar-refractivity contribution in [1.82, 2.24) is 0 Å². The number of carbonyl (C=O) groups is 1. The molecule has 17 heavy (non-hydrogen) atoms. The van der Waals surface area contributed by atoms with E-state index in [4.69, 9.17) is 0 Å². The number of ether oxygens (including phenoxy) is 1. The van der Waals surface area contributed by atoms with E-state index in [0.29, 0.717) is 6.42 Å². The van der Waals surface area contributed by atoms with Gasteiger partial charge in [0, 0.05) is 12.1 Å². The van der Waals surface area contributed by atoms with Crippen LogP contribution in [0.4, 0.5) is 5.69 Å². The van der Waals surface area contributed by atoms with Crippen LogP contribution < -0.4 is 0 Å². The number of methoxy groups -OCH3 is 1. The van der Waals surface area contributed by atoms with Crippen LogP contribution in [-0.4, -0.2) is 23.1 Å². The fourth-order valence-corrected chi connectivity index (χ4v) is 1.16. The Bertz CT molecular complexity index is 449. The number of hydrogen-bond acceptors (Lipinski definition) is 5. The van der Waals surface area contributed by atoms with Crippen molar-refractivity contribution in [1.29, 1.82) is 0 Å². The summed E-state index contributed by atoms with van der Waals surface area (Å²) in [7, 11) is 1.16. The first-order valence-corrected chi connectivity index (χ1v) is 4.75. The maximum absolute atomic E-state index is 10.8. The third-order valence-corrected chi connectivity index (χ3v) is 2.07. The van der Waals surface area contributed by atoms with Gasteiger partial charge in [-0.25, -0.2) is 4.79 Å². The van der Waals surface area contributed by atoms with E-state index < -0.39 is 16.7 Å². The van der Waals surface area contributed by atoms with Crippen molar-refractivity contribution in [3.63, 3.8) is 0 Å². The lowest BCUT2D eigenvalue weighted by Crippen LogP contribution is -2.04. The van der Waals surface area contributed by atoms with Gasteiger partial charge in [-0.15, -0.1) is 0 Å². The smallest absolute Gasteiger partial charge is 0.372 e. The minimum atomic E-state index is -0.813. The number of nitro groups is 1. The normalized spacial score (nSPS) is 11.0. The number of benzene rings is 1. The van der Waals surface area contributed by atoms with Crippen LogP contribution in [0.5, 0.6) is 0 Å². The molecule has 0 atom stereocenters. The highest BCUT2D eigenvalue weighted by Crippen LogP contribution is 2.12. The zero-order valence-corrected chi connectivity index (χ0v) is 9.12. The number of non-ortho nitro benzene ring substituents is 1. The molecule has 0 aliphatic carbocycles. The summed E-state index contributed by atoms with van der Waals surface area (Å²) >= 11 is 0. The molecule has 0 heterocycles. The Labute approximate surface area is 97.3 Å². The van der Waals surface area contributed by atoms with E-state index in [1.165, 1.54) is 18.2 Å². The molecule has 0 saturated carbocycles. The Morgan fingerprint density at radius 3 is 2.53 bits per heavy atom. The molecule has 1 N–H and O–H groups in total. The summed E-state index contributed by atoms with van der Waals surface area (Å²) in [4.78, 5) is 20.8. The Balaban J connectivity index is 2.70. The van der Waals surface area contributed by atoms with E-state index in [1.54, 1.807) is 12.1 Å². The average Bonchev–Trinajstić information content (AvgIpc) is 2.35. The van der Waals surface area contributed by atoms with Crippen molar-refractivity contribution in [2.75, 3.05) is 7.11 Å². The molecule has 6 nitrogen and oxygen atoms in total. The van der Waals surface area contributed by atoms with Crippen LogP contribution in [0.15, 0.2) is 36.1 Å². The quantitative estimate of drug-likeness (QED) is 0.283. The molecule has 1 aromatic rings. The van der Waals surface area contributed by atoms with Crippen molar-refractivity contribution < 1.29 is 19.6 Å². The fourth-order valence-electron chi connectivity index (χ4n) is 1.16. The largest absolute Gasteiger partial charge is 0.502 e. The Kier molecular flexibility index (Phi) is 4.21. The summed E-state index contributed by atoms with van der Waals surface area (Å²) in [6, 6.07) is 5.83. The van der Waals surface area contributed by atoms with Crippen molar-refractivity contribution in [3.05, 3.63) is 51.8 Å². The maximum Gasteiger partial charge on any atom is 0.372 e. The second-order valence-electron chi connectivity index (χ2n) is 3.21. The van der Waals surface area contributed by atoms with Crippen LogP contribution in [0.1, 0.15) is 5.56 Å². The van der Waals surface area contributed by atoms with E-state index in [2.05, 4.69) is 4.74 Å². The van der Waals surface area contributed by atoms with Crippen molar-refractivity contribution in [2.45, 2.75) is 6.42 Å². The first kappa shape index (κ1) is 12.7. The molecular weight excluding hydrogens is 226 g/mol. The SMILES string of the molecule is COC(=O)C(O)=CCc1ccc([N+](=O)[O-])cc1. The molecule has 0 bridgehead atoms. The van der Waals surface area contributed by atoms with E-state index in [9.17, 15) is 20.0 Å². The third kappa shape index (κ3) is 3.60. The average molecular weight is 237 g/mol. The molecule has 0 radical (unpaired) electrons. The van der Waals surface area contributed by atoms with Gasteiger partial charge in [-0.1, -0.05) is 12.1 Å². The van der Waals surface area contributed by atoms with Crippen LogP contribution in [-0.2, 0) is 16.0 Å². The third-order valence-electron chi connectivity index (χ3n) is 2.07. The Morgan fingerprint density at radius 1 is 1.47 bits per heavy atom. The second kappa shape index (κ2) is 5.64. The van der Waals surface area contributed by atoms with Crippen molar-refractivity contribution in [2.24, 2.45) is 0 Å². The summed E-state index contributed by atoms with van der Waals surface area (Å²) in [5.41, 5.74) is 0.737. The molecule has 6 heteroatoms. The van der Waals surface area contributed by atoms with Gasteiger partial charge in [0.25, 0.3) is 5.69 Å². The predicted octanol–water partition coefficient (Wildman–Crippen LogP) is 1.75. The van der Waals surface area contributed by atoms with Crippen LogP contribution >= 0.6 is 0 Å². The van der Waals surface area contributed by atoms with Gasteiger partial charge in [0.1, 0.15) is 0 Å². The summed E-state index contributed by atoms with van der Waals surface area (Å²) in [6.07, 6.45) is 1.58. The zero-order chi connectivity index (χ0) is 12.8. The highest BCUT2D eigenvalue weighted by Gasteiger charge is 2.07. The van der Waals surface area contributed by atoms with E-state index >= 15 is 0 Å². The number of nitro benzene ring substituents is 1. The van der Waals surface area contributed by atoms with E-state index in [0.717, 1.165) is 12.7 Å². The maximum atomic E-state index is 10.8. The number of allylic oxidation sites excluding steroid dienone is 1. The molecular formula is C11H11NO5. The first-order valence-electron chi connectivity index (χ1n) is 4.75. The highest BCUT2D eigenvalue weighted by molar-refractivity contribution is 5.85. The molecule has 0 amide bonds. The minimum absolute atomic E-state index is 0.00470. The molecule has 0 unspecified atom stereocenters. The number of hydrogen-bond donors (Lipinski definition) is 1. The topological polar surface area (TPSA) is 89.7 Å².